The third kappa shape index (κ3) is 1.81. The first-order valence-electron chi connectivity index (χ1n) is 5.90. The van der Waals surface area contributed by atoms with Crippen LogP contribution in [0.2, 0.25) is 0 Å². The van der Waals surface area contributed by atoms with E-state index in [-0.39, 0.29) is 0 Å². The molecule has 2 N–H and O–H groups in total. The molecule has 0 saturated heterocycles. The molecular weight excluding hydrogens is 210 g/mol. The zero-order valence-corrected chi connectivity index (χ0v) is 9.65. The molecule has 1 aliphatic heterocycles. The normalized spacial score (nSPS) is 15.9. The maximum atomic E-state index is 6.27. The molecule has 2 aromatic carbocycles. The average molecular weight is 225 g/mol. The lowest BCUT2D eigenvalue weighted by Crippen LogP contribution is -2.05. The second-order valence-corrected chi connectivity index (χ2v) is 4.30. The summed E-state index contributed by atoms with van der Waals surface area (Å²) in [6.45, 7) is 1.49. The Morgan fingerprint density at radius 1 is 1.06 bits per heavy atom. The van der Waals surface area contributed by atoms with Crippen molar-refractivity contribution < 1.29 is 4.74 Å². The Kier molecular flexibility index (Phi) is 2.57. The molecule has 0 aromatic heterocycles. The van der Waals surface area contributed by atoms with E-state index in [0.717, 1.165) is 29.7 Å². The van der Waals surface area contributed by atoms with Crippen molar-refractivity contribution in [1.29, 1.82) is 0 Å². The smallest absolute Gasteiger partial charge is 0.0653 e. The third-order valence-electron chi connectivity index (χ3n) is 3.28. The molecule has 2 aromatic rings. The molecular formula is C15H15NO. The lowest BCUT2D eigenvalue weighted by atomic mass is 9.96. The molecule has 3 rings (SSSR count). The van der Waals surface area contributed by atoms with Crippen molar-refractivity contribution in [3.63, 3.8) is 0 Å². The minimum atomic E-state index is 0.696. The van der Waals surface area contributed by atoms with Crippen LogP contribution in [0.3, 0.4) is 0 Å². The van der Waals surface area contributed by atoms with E-state index >= 15 is 0 Å². The summed E-state index contributed by atoms with van der Waals surface area (Å²) in [7, 11) is 0. The Morgan fingerprint density at radius 3 is 2.76 bits per heavy atom. The number of fused-ring (bicyclic) bond motifs is 1. The van der Waals surface area contributed by atoms with E-state index < -0.39 is 0 Å². The summed E-state index contributed by atoms with van der Waals surface area (Å²) < 4.78 is 5.33. The van der Waals surface area contributed by atoms with E-state index in [0.29, 0.717) is 6.61 Å². The van der Waals surface area contributed by atoms with Crippen LogP contribution in [0.4, 0.5) is 5.69 Å². The Balaban J connectivity index is 2.17. The molecule has 1 aliphatic rings. The van der Waals surface area contributed by atoms with Gasteiger partial charge in [0.05, 0.1) is 13.2 Å². The molecule has 17 heavy (non-hydrogen) atoms. The lowest BCUT2D eigenvalue weighted by molar-refractivity contribution is 0.161. The number of rotatable bonds is 1. The van der Waals surface area contributed by atoms with Crippen molar-refractivity contribution in [1.82, 2.24) is 0 Å². The number of benzene rings is 2. The average Bonchev–Trinajstić information content (AvgIpc) is 2.40. The Hall–Kier alpha value is -1.80. The van der Waals surface area contributed by atoms with Crippen LogP contribution >= 0.6 is 0 Å². The highest BCUT2D eigenvalue weighted by atomic mass is 16.5. The first kappa shape index (κ1) is 10.4. The van der Waals surface area contributed by atoms with Crippen LogP contribution in [-0.4, -0.2) is 13.2 Å². The van der Waals surface area contributed by atoms with Gasteiger partial charge in [-0.05, 0) is 17.4 Å². The van der Waals surface area contributed by atoms with Gasteiger partial charge in [0.15, 0.2) is 0 Å². The summed E-state index contributed by atoms with van der Waals surface area (Å²) in [4.78, 5) is 0. The monoisotopic (exact) mass is 225 g/mol. The predicted molar refractivity (Wildman–Crippen MR) is 71.8 cm³/mol. The third-order valence-corrected chi connectivity index (χ3v) is 3.28. The SMILES string of the molecule is Nc1c(C2=CCOCC2)ccc2ccccc12. The zero-order valence-electron chi connectivity index (χ0n) is 9.65. The fourth-order valence-corrected chi connectivity index (χ4v) is 2.35. The molecule has 0 amide bonds. The number of nitrogen functional groups attached to an aromatic ring is 1. The maximum Gasteiger partial charge on any atom is 0.0653 e. The molecule has 0 saturated carbocycles. The number of hydrogen-bond donors (Lipinski definition) is 1. The quantitative estimate of drug-likeness (QED) is 0.756. The van der Waals surface area contributed by atoms with E-state index in [1.807, 2.05) is 12.1 Å². The van der Waals surface area contributed by atoms with Gasteiger partial charge in [0.25, 0.3) is 0 Å². The highest BCUT2D eigenvalue weighted by molar-refractivity contribution is 5.98. The summed E-state index contributed by atoms with van der Waals surface area (Å²) in [6, 6.07) is 12.5. The molecule has 0 unspecified atom stereocenters. The molecule has 0 radical (unpaired) electrons. The summed E-state index contributed by atoms with van der Waals surface area (Å²) in [5, 5.41) is 2.33. The molecule has 0 bridgehead atoms. The lowest BCUT2D eigenvalue weighted by Gasteiger charge is -2.16. The van der Waals surface area contributed by atoms with Crippen LogP contribution in [0, 0.1) is 0 Å². The molecule has 2 heteroatoms. The highest BCUT2D eigenvalue weighted by Crippen LogP contribution is 2.31. The standard InChI is InChI=1S/C15H15NO/c16-15-13-4-2-1-3-11(13)5-6-14(15)12-7-9-17-10-8-12/h1-7H,8-10,16H2. The minimum absolute atomic E-state index is 0.696. The second-order valence-electron chi connectivity index (χ2n) is 4.30. The van der Waals surface area contributed by atoms with Gasteiger partial charge in [-0.3, -0.25) is 0 Å². The molecule has 86 valence electrons. The molecule has 1 heterocycles. The molecule has 0 aliphatic carbocycles. The topological polar surface area (TPSA) is 35.2 Å². The van der Waals surface area contributed by atoms with Crippen LogP contribution in [0.5, 0.6) is 0 Å². The van der Waals surface area contributed by atoms with Gasteiger partial charge in [0, 0.05) is 16.6 Å². The van der Waals surface area contributed by atoms with Crippen molar-refractivity contribution in [3.8, 4) is 0 Å². The van der Waals surface area contributed by atoms with E-state index in [4.69, 9.17) is 10.5 Å². The highest BCUT2D eigenvalue weighted by Gasteiger charge is 2.11. The van der Waals surface area contributed by atoms with Gasteiger partial charge >= 0.3 is 0 Å². The van der Waals surface area contributed by atoms with Crippen LogP contribution in [0.1, 0.15) is 12.0 Å². The van der Waals surface area contributed by atoms with Gasteiger partial charge in [-0.2, -0.15) is 0 Å². The van der Waals surface area contributed by atoms with Crippen molar-refractivity contribution in [2.24, 2.45) is 0 Å². The summed E-state index contributed by atoms with van der Waals surface area (Å²) in [5.74, 6) is 0. The molecule has 0 fully saturated rings. The zero-order chi connectivity index (χ0) is 11.7. The van der Waals surface area contributed by atoms with Gasteiger partial charge in [0.1, 0.15) is 0 Å². The second kappa shape index (κ2) is 4.22. The predicted octanol–water partition coefficient (Wildman–Crippen LogP) is 3.23. The van der Waals surface area contributed by atoms with Crippen molar-refractivity contribution in [2.45, 2.75) is 6.42 Å². The fourth-order valence-electron chi connectivity index (χ4n) is 2.35. The van der Waals surface area contributed by atoms with Crippen molar-refractivity contribution >= 4 is 22.0 Å². The minimum Gasteiger partial charge on any atom is -0.398 e. The van der Waals surface area contributed by atoms with E-state index in [2.05, 4.69) is 30.3 Å². The first-order valence-corrected chi connectivity index (χ1v) is 5.90. The van der Waals surface area contributed by atoms with Crippen LogP contribution in [0.15, 0.2) is 42.5 Å². The maximum absolute atomic E-state index is 6.27. The molecule has 0 spiro atoms. The molecule has 0 atom stereocenters. The Labute approximate surface area is 101 Å². The van der Waals surface area contributed by atoms with Crippen LogP contribution in [-0.2, 0) is 4.74 Å². The Bertz CT molecular complexity index is 586. The van der Waals surface area contributed by atoms with Crippen LogP contribution < -0.4 is 5.73 Å². The number of nitrogens with two attached hydrogens (primary N) is 1. The summed E-state index contributed by atoms with van der Waals surface area (Å²) in [6.07, 6.45) is 3.08. The summed E-state index contributed by atoms with van der Waals surface area (Å²) in [5.41, 5.74) is 9.62. The van der Waals surface area contributed by atoms with Crippen molar-refractivity contribution in [2.75, 3.05) is 18.9 Å². The van der Waals surface area contributed by atoms with Gasteiger partial charge in [-0.25, -0.2) is 0 Å². The van der Waals surface area contributed by atoms with Crippen molar-refractivity contribution in [3.05, 3.63) is 48.0 Å². The first-order chi connectivity index (χ1) is 8.36. The Morgan fingerprint density at radius 2 is 1.94 bits per heavy atom. The van der Waals surface area contributed by atoms with Gasteiger partial charge < -0.3 is 10.5 Å². The van der Waals surface area contributed by atoms with Gasteiger partial charge in [-0.15, -0.1) is 0 Å². The van der Waals surface area contributed by atoms with Crippen LogP contribution in [0.25, 0.3) is 16.3 Å². The fraction of sp³-hybridized carbons (Fsp3) is 0.200. The number of anilines is 1. The number of hydrogen-bond acceptors (Lipinski definition) is 2. The van der Waals surface area contributed by atoms with E-state index in [1.54, 1.807) is 0 Å². The number of ether oxygens (including phenoxy) is 1. The van der Waals surface area contributed by atoms with E-state index in [9.17, 15) is 0 Å². The summed E-state index contributed by atoms with van der Waals surface area (Å²) >= 11 is 0. The molecule has 2 nitrogen and oxygen atoms in total. The van der Waals surface area contributed by atoms with Gasteiger partial charge in [0.2, 0.25) is 0 Å². The largest absolute Gasteiger partial charge is 0.398 e. The van der Waals surface area contributed by atoms with E-state index in [1.165, 1.54) is 11.0 Å². The van der Waals surface area contributed by atoms with Gasteiger partial charge in [-0.1, -0.05) is 42.5 Å².